The first-order chi connectivity index (χ1) is 12.4. The highest BCUT2D eigenvalue weighted by molar-refractivity contribution is 7.46. The Hall–Kier alpha value is -0.460. The molecule has 0 saturated heterocycles. The second-order valence-corrected chi connectivity index (χ2v) is 9.90. The summed E-state index contributed by atoms with van der Waals surface area (Å²) in [5, 5.41) is 9.05. The zero-order valence-electron chi connectivity index (χ0n) is 17.4. The molecular formula is C19H39O7P. The lowest BCUT2D eigenvalue weighted by Gasteiger charge is -2.24. The summed E-state index contributed by atoms with van der Waals surface area (Å²) >= 11 is 0. The summed E-state index contributed by atoms with van der Waals surface area (Å²) in [6, 6.07) is 0. The maximum Gasteiger partial charge on any atom is 0.469 e. The van der Waals surface area contributed by atoms with Crippen molar-refractivity contribution in [1.82, 2.24) is 0 Å². The highest BCUT2D eigenvalue weighted by atomic mass is 31.2. The molecule has 0 aliphatic rings. The topological polar surface area (TPSA) is 113 Å². The fraction of sp³-hybridized carbons (Fsp3) is 0.947. The average Bonchev–Trinajstić information content (AvgIpc) is 2.51. The van der Waals surface area contributed by atoms with Crippen LogP contribution in [0.2, 0.25) is 0 Å². The van der Waals surface area contributed by atoms with Crippen molar-refractivity contribution in [2.45, 2.75) is 85.5 Å². The Morgan fingerprint density at radius 2 is 1.26 bits per heavy atom. The van der Waals surface area contributed by atoms with Gasteiger partial charge in [0.1, 0.15) is 0 Å². The molecule has 0 aromatic rings. The minimum absolute atomic E-state index is 0.0951. The highest BCUT2D eigenvalue weighted by Crippen LogP contribution is 2.36. The van der Waals surface area contributed by atoms with E-state index in [1.807, 2.05) is 0 Å². The van der Waals surface area contributed by atoms with Crippen LogP contribution in [0.5, 0.6) is 0 Å². The third kappa shape index (κ3) is 16.2. The molecular weight excluding hydrogens is 371 g/mol. The van der Waals surface area contributed by atoms with Crippen LogP contribution in [0.3, 0.4) is 0 Å². The van der Waals surface area contributed by atoms with Crippen molar-refractivity contribution in [3.05, 3.63) is 0 Å². The Kier molecular flexibility index (Phi) is 12.7. The summed E-state index contributed by atoms with van der Waals surface area (Å²) in [7, 11) is -4.34. The Labute approximate surface area is 164 Å². The standard InChI is InChI=1S/C19H39O7P/c1-18(2,12-6-10-16-26-27(22,23)24)11-5-8-14-25-15-9-7-13-19(3,4)17(20)21/h5-16H2,1-4H3,(H,20,21)(H2,22,23,24). The molecule has 0 saturated carbocycles. The second kappa shape index (κ2) is 12.9. The molecule has 7 nitrogen and oxygen atoms in total. The summed E-state index contributed by atoms with van der Waals surface area (Å²) in [6.45, 7) is 9.43. The lowest BCUT2D eigenvalue weighted by atomic mass is 9.82. The van der Waals surface area contributed by atoms with Gasteiger partial charge in [0.15, 0.2) is 0 Å². The van der Waals surface area contributed by atoms with E-state index in [9.17, 15) is 9.36 Å². The molecule has 0 fully saturated rings. The number of phosphoric acid groups is 1. The van der Waals surface area contributed by atoms with Crippen molar-refractivity contribution in [1.29, 1.82) is 0 Å². The molecule has 0 amide bonds. The molecule has 0 aliphatic heterocycles. The second-order valence-electron chi connectivity index (χ2n) is 8.66. The molecule has 0 aromatic carbocycles. The SMILES string of the molecule is CC(C)(CCCCOCCCCC(C)(C)C(=O)O)CCCCOP(=O)(O)O. The van der Waals surface area contributed by atoms with E-state index in [0.29, 0.717) is 19.4 Å². The largest absolute Gasteiger partial charge is 0.481 e. The zero-order valence-corrected chi connectivity index (χ0v) is 18.3. The first-order valence-electron chi connectivity index (χ1n) is 9.87. The number of carboxylic acid groups (broad SMARTS) is 1. The van der Waals surface area contributed by atoms with Crippen LogP contribution in [-0.2, 0) is 18.6 Å². The van der Waals surface area contributed by atoms with Gasteiger partial charge in [-0.3, -0.25) is 9.32 Å². The van der Waals surface area contributed by atoms with Gasteiger partial charge in [-0.1, -0.05) is 33.1 Å². The van der Waals surface area contributed by atoms with E-state index in [1.165, 1.54) is 0 Å². The number of carboxylic acids is 1. The van der Waals surface area contributed by atoms with Gasteiger partial charge >= 0.3 is 13.8 Å². The number of unbranched alkanes of at least 4 members (excludes halogenated alkanes) is 3. The van der Waals surface area contributed by atoms with Crippen molar-refractivity contribution in [2.75, 3.05) is 19.8 Å². The van der Waals surface area contributed by atoms with Crippen molar-refractivity contribution in [3.63, 3.8) is 0 Å². The molecule has 3 N–H and O–H groups in total. The molecule has 0 aromatic heterocycles. The Morgan fingerprint density at radius 3 is 1.70 bits per heavy atom. The van der Waals surface area contributed by atoms with Crippen LogP contribution in [0.4, 0.5) is 0 Å². The van der Waals surface area contributed by atoms with Crippen LogP contribution in [0, 0.1) is 10.8 Å². The number of hydrogen-bond acceptors (Lipinski definition) is 4. The maximum absolute atomic E-state index is 11.0. The van der Waals surface area contributed by atoms with Crippen molar-refractivity contribution in [2.24, 2.45) is 10.8 Å². The van der Waals surface area contributed by atoms with Gasteiger partial charge in [0, 0.05) is 13.2 Å². The molecule has 0 heterocycles. The van der Waals surface area contributed by atoms with Crippen LogP contribution < -0.4 is 0 Å². The number of phosphoric ester groups is 1. The van der Waals surface area contributed by atoms with Gasteiger partial charge in [0.25, 0.3) is 0 Å². The highest BCUT2D eigenvalue weighted by Gasteiger charge is 2.25. The number of rotatable bonds is 17. The van der Waals surface area contributed by atoms with Crippen LogP contribution in [0.25, 0.3) is 0 Å². The maximum atomic E-state index is 11.0. The zero-order chi connectivity index (χ0) is 21.0. The van der Waals surface area contributed by atoms with E-state index in [-0.39, 0.29) is 12.0 Å². The van der Waals surface area contributed by atoms with Crippen LogP contribution in [-0.4, -0.2) is 40.7 Å². The molecule has 0 spiro atoms. The van der Waals surface area contributed by atoms with Gasteiger partial charge in [0.05, 0.1) is 12.0 Å². The number of carbonyl (C=O) groups is 1. The lowest BCUT2D eigenvalue weighted by molar-refractivity contribution is -0.147. The van der Waals surface area contributed by atoms with Crippen molar-refractivity contribution < 1.29 is 33.5 Å². The average molecular weight is 410 g/mol. The third-order valence-electron chi connectivity index (χ3n) is 4.82. The molecule has 0 radical (unpaired) electrons. The van der Waals surface area contributed by atoms with E-state index in [2.05, 4.69) is 18.4 Å². The molecule has 0 aliphatic carbocycles. The predicted molar refractivity (Wildman–Crippen MR) is 106 cm³/mol. The number of ether oxygens (including phenoxy) is 1. The predicted octanol–water partition coefficient (Wildman–Crippen LogP) is 4.76. The van der Waals surface area contributed by atoms with Crippen LogP contribution >= 0.6 is 7.82 Å². The number of aliphatic carboxylic acids is 1. The Morgan fingerprint density at radius 1 is 0.815 bits per heavy atom. The molecule has 0 atom stereocenters. The van der Waals surface area contributed by atoms with E-state index in [4.69, 9.17) is 19.6 Å². The van der Waals surface area contributed by atoms with Gasteiger partial charge in [-0.2, -0.15) is 0 Å². The third-order valence-corrected chi connectivity index (χ3v) is 5.34. The van der Waals surface area contributed by atoms with Gasteiger partial charge in [-0.05, 0) is 57.8 Å². The number of hydrogen-bond donors (Lipinski definition) is 3. The minimum Gasteiger partial charge on any atom is -0.481 e. The monoisotopic (exact) mass is 410 g/mol. The van der Waals surface area contributed by atoms with Gasteiger partial charge < -0.3 is 19.6 Å². The molecule has 0 rings (SSSR count). The normalized spacial score (nSPS) is 13.1. The lowest BCUT2D eigenvalue weighted by Crippen LogP contribution is -2.23. The Balaban J connectivity index is 3.57. The first kappa shape index (κ1) is 26.5. The quantitative estimate of drug-likeness (QED) is 0.234. The van der Waals surface area contributed by atoms with Gasteiger partial charge in [-0.15, -0.1) is 0 Å². The van der Waals surface area contributed by atoms with Crippen molar-refractivity contribution >= 4 is 13.8 Å². The van der Waals surface area contributed by atoms with E-state index in [1.54, 1.807) is 13.8 Å². The summed E-state index contributed by atoms with van der Waals surface area (Å²) in [6.07, 6.45) is 8.12. The molecule has 0 bridgehead atoms. The molecule has 27 heavy (non-hydrogen) atoms. The fourth-order valence-electron chi connectivity index (χ4n) is 2.80. The molecule has 0 unspecified atom stereocenters. The summed E-state index contributed by atoms with van der Waals surface area (Å²) in [4.78, 5) is 28.3. The minimum atomic E-state index is -4.34. The molecule has 162 valence electrons. The first-order valence-corrected chi connectivity index (χ1v) is 11.4. The van der Waals surface area contributed by atoms with Gasteiger partial charge in [-0.25, -0.2) is 4.57 Å². The summed E-state index contributed by atoms with van der Waals surface area (Å²) < 4.78 is 20.7. The Bertz CT molecular complexity index is 457. The van der Waals surface area contributed by atoms with Crippen LogP contribution in [0.1, 0.15) is 85.5 Å². The van der Waals surface area contributed by atoms with Crippen molar-refractivity contribution in [3.8, 4) is 0 Å². The van der Waals surface area contributed by atoms with Crippen LogP contribution in [0.15, 0.2) is 0 Å². The summed E-state index contributed by atoms with van der Waals surface area (Å²) in [5.41, 5.74) is -0.460. The summed E-state index contributed by atoms with van der Waals surface area (Å²) in [5.74, 6) is -0.750. The molecule has 8 heteroatoms. The van der Waals surface area contributed by atoms with E-state index in [0.717, 1.165) is 51.6 Å². The van der Waals surface area contributed by atoms with Gasteiger partial charge in [0.2, 0.25) is 0 Å². The fourth-order valence-corrected chi connectivity index (χ4v) is 3.17. The van der Waals surface area contributed by atoms with E-state index >= 15 is 0 Å². The smallest absolute Gasteiger partial charge is 0.469 e. The van der Waals surface area contributed by atoms with E-state index < -0.39 is 19.2 Å².